The molecule has 1 rings (SSSR count). The molecule has 1 atom stereocenters. The summed E-state index contributed by atoms with van der Waals surface area (Å²) >= 11 is 1.89. The number of rotatable bonds is 7. The van der Waals surface area contributed by atoms with Gasteiger partial charge in [0.25, 0.3) is 0 Å². The molecule has 0 aliphatic carbocycles. The fraction of sp³-hybridized carbons (Fsp3) is 1.00. The molecule has 0 aromatic heterocycles. The number of ether oxygens (including phenoxy) is 2. The minimum atomic E-state index is -0.0562. The first-order chi connectivity index (χ1) is 6.83. The third-order valence-electron chi connectivity index (χ3n) is 2.65. The van der Waals surface area contributed by atoms with Gasteiger partial charge in [0, 0.05) is 26.7 Å². The topological polar surface area (TPSA) is 30.5 Å². The van der Waals surface area contributed by atoms with E-state index in [2.05, 4.69) is 11.6 Å². The molecule has 0 amide bonds. The predicted octanol–water partition coefficient (Wildman–Crippen LogP) is 1.13. The molecule has 14 heavy (non-hydrogen) atoms. The molecular formula is C10H21NO2S. The Bertz CT molecular complexity index is 149. The predicted molar refractivity (Wildman–Crippen MR) is 61.0 cm³/mol. The Morgan fingerprint density at radius 2 is 2.43 bits per heavy atom. The van der Waals surface area contributed by atoms with Crippen LogP contribution in [0.15, 0.2) is 0 Å². The molecule has 4 heteroatoms. The van der Waals surface area contributed by atoms with E-state index in [9.17, 15) is 0 Å². The average molecular weight is 219 g/mol. The highest BCUT2D eigenvalue weighted by Crippen LogP contribution is 2.21. The van der Waals surface area contributed by atoms with E-state index in [4.69, 9.17) is 9.47 Å². The quantitative estimate of drug-likeness (QED) is 0.650. The highest BCUT2D eigenvalue weighted by Gasteiger charge is 2.34. The lowest BCUT2D eigenvalue weighted by Gasteiger charge is -2.25. The van der Waals surface area contributed by atoms with E-state index in [0.29, 0.717) is 0 Å². The van der Waals surface area contributed by atoms with Crippen LogP contribution in [0.4, 0.5) is 0 Å². The maximum Gasteiger partial charge on any atom is 0.106 e. The van der Waals surface area contributed by atoms with Gasteiger partial charge in [-0.15, -0.1) is 0 Å². The van der Waals surface area contributed by atoms with E-state index >= 15 is 0 Å². The smallest absolute Gasteiger partial charge is 0.106 e. The van der Waals surface area contributed by atoms with Crippen LogP contribution in [0, 0.1) is 0 Å². The fourth-order valence-corrected chi connectivity index (χ4v) is 2.05. The first-order valence-corrected chi connectivity index (χ1v) is 6.55. The van der Waals surface area contributed by atoms with Crippen LogP contribution in [-0.2, 0) is 9.47 Å². The van der Waals surface area contributed by atoms with Crippen molar-refractivity contribution in [3.05, 3.63) is 0 Å². The summed E-state index contributed by atoms with van der Waals surface area (Å²) in [5.74, 6) is 1.23. The first-order valence-electron chi connectivity index (χ1n) is 5.15. The van der Waals surface area contributed by atoms with Crippen LogP contribution in [0.3, 0.4) is 0 Å². The van der Waals surface area contributed by atoms with Crippen LogP contribution in [0.1, 0.15) is 12.8 Å². The maximum atomic E-state index is 5.51. The summed E-state index contributed by atoms with van der Waals surface area (Å²) in [6.45, 7) is 3.56. The number of hydrogen-bond donors (Lipinski definition) is 1. The molecular weight excluding hydrogens is 198 g/mol. The monoisotopic (exact) mass is 219 g/mol. The molecule has 1 fully saturated rings. The SMILES string of the molecule is COC1(CNCCCSC)CCOC1. The molecule has 0 saturated carbocycles. The lowest BCUT2D eigenvalue weighted by Crippen LogP contribution is -2.43. The molecule has 0 bridgehead atoms. The van der Waals surface area contributed by atoms with Crippen molar-refractivity contribution in [1.82, 2.24) is 5.32 Å². The zero-order chi connectivity index (χ0) is 10.3. The minimum Gasteiger partial charge on any atom is -0.378 e. The van der Waals surface area contributed by atoms with Gasteiger partial charge in [-0.2, -0.15) is 11.8 Å². The van der Waals surface area contributed by atoms with Crippen molar-refractivity contribution in [3.63, 3.8) is 0 Å². The highest BCUT2D eigenvalue weighted by molar-refractivity contribution is 7.98. The molecule has 1 N–H and O–H groups in total. The van der Waals surface area contributed by atoms with Gasteiger partial charge in [0.2, 0.25) is 0 Å². The van der Waals surface area contributed by atoms with Gasteiger partial charge in [-0.25, -0.2) is 0 Å². The summed E-state index contributed by atoms with van der Waals surface area (Å²) in [5.41, 5.74) is -0.0562. The normalized spacial score (nSPS) is 27.0. The van der Waals surface area contributed by atoms with E-state index in [1.54, 1.807) is 7.11 Å². The lowest BCUT2D eigenvalue weighted by molar-refractivity contribution is -0.0155. The van der Waals surface area contributed by atoms with Crippen LogP contribution in [0.25, 0.3) is 0 Å². The van der Waals surface area contributed by atoms with Gasteiger partial charge in [-0.3, -0.25) is 0 Å². The van der Waals surface area contributed by atoms with Crippen molar-refractivity contribution in [2.45, 2.75) is 18.4 Å². The second kappa shape index (κ2) is 6.67. The number of nitrogens with one attached hydrogen (secondary N) is 1. The standard InChI is InChI=1S/C10H21NO2S/c1-12-10(4-6-13-9-10)8-11-5-3-7-14-2/h11H,3-9H2,1-2H3. The molecule has 0 aromatic rings. The second-order valence-corrected chi connectivity index (χ2v) is 4.70. The zero-order valence-corrected chi connectivity index (χ0v) is 9.99. The number of thioether (sulfide) groups is 1. The number of methoxy groups -OCH3 is 1. The van der Waals surface area contributed by atoms with Crippen molar-refractivity contribution >= 4 is 11.8 Å². The Hall–Kier alpha value is 0.230. The Kier molecular flexibility index (Phi) is 5.86. The van der Waals surface area contributed by atoms with Crippen molar-refractivity contribution in [3.8, 4) is 0 Å². The summed E-state index contributed by atoms with van der Waals surface area (Å²) in [6, 6.07) is 0. The van der Waals surface area contributed by atoms with E-state index < -0.39 is 0 Å². The molecule has 0 spiro atoms. The van der Waals surface area contributed by atoms with E-state index in [-0.39, 0.29) is 5.60 Å². The summed E-state index contributed by atoms with van der Waals surface area (Å²) in [4.78, 5) is 0. The lowest BCUT2D eigenvalue weighted by atomic mass is 10.0. The van der Waals surface area contributed by atoms with Gasteiger partial charge < -0.3 is 14.8 Å². The first kappa shape index (κ1) is 12.3. The van der Waals surface area contributed by atoms with Gasteiger partial charge in [0.15, 0.2) is 0 Å². The Morgan fingerprint density at radius 1 is 1.57 bits per heavy atom. The second-order valence-electron chi connectivity index (χ2n) is 3.71. The van der Waals surface area contributed by atoms with Gasteiger partial charge in [-0.1, -0.05) is 0 Å². The van der Waals surface area contributed by atoms with Crippen LogP contribution >= 0.6 is 11.8 Å². The van der Waals surface area contributed by atoms with Crippen LogP contribution < -0.4 is 5.32 Å². The van der Waals surface area contributed by atoms with Crippen LogP contribution in [0.2, 0.25) is 0 Å². The number of hydrogen-bond acceptors (Lipinski definition) is 4. The largest absolute Gasteiger partial charge is 0.378 e. The third-order valence-corrected chi connectivity index (χ3v) is 3.35. The Balaban J connectivity index is 2.08. The molecule has 1 unspecified atom stereocenters. The molecule has 3 nitrogen and oxygen atoms in total. The highest BCUT2D eigenvalue weighted by atomic mass is 32.2. The van der Waals surface area contributed by atoms with Crippen molar-refractivity contribution < 1.29 is 9.47 Å². The van der Waals surface area contributed by atoms with Gasteiger partial charge >= 0.3 is 0 Å². The summed E-state index contributed by atoms with van der Waals surface area (Å²) < 4.78 is 10.9. The fourth-order valence-electron chi connectivity index (χ4n) is 1.62. The van der Waals surface area contributed by atoms with Gasteiger partial charge in [0.05, 0.1) is 6.61 Å². The molecule has 0 aromatic carbocycles. The van der Waals surface area contributed by atoms with E-state index in [1.807, 2.05) is 11.8 Å². The van der Waals surface area contributed by atoms with Gasteiger partial charge in [0.1, 0.15) is 5.60 Å². The zero-order valence-electron chi connectivity index (χ0n) is 9.17. The Labute approximate surface area is 90.9 Å². The van der Waals surface area contributed by atoms with Crippen molar-refractivity contribution in [2.24, 2.45) is 0 Å². The molecule has 1 heterocycles. The molecule has 1 saturated heterocycles. The molecule has 84 valence electrons. The van der Waals surface area contributed by atoms with Crippen LogP contribution in [0.5, 0.6) is 0 Å². The molecule has 0 radical (unpaired) electrons. The summed E-state index contributed by atoms with van der Waals surface area (Å²) in [6.07, 6.45) is 4.38. The summed E-state index contributed by atoms with van der Waals surface area (Å²) in [7, 11) is 1.78. The molecule has 1 aliphatic rings. The average Bonchev–Trinajstić information content (AvgIpc) is 2.67. The van der Waals surface area contributed by atoms with Crippen molar-refractivity contribution in [1.29, 1.82) is 0 Å². The summed E-state index contributed by atoms with van der Waals surface area (Å²) in [5, 5.41) is 3.44. The third kappa shape index (κ3) is 3.77. The van der Waals surface area contributed by atoms with Gasteiger partial charge in [-0.05, 0) is 25.0 Å². The molecule has 1 aliphatic heterocycles. The van der Waals surface area contributed by atoms with Crippen LogP contribution in [-0.4, -0.2) is 51.0 Å². The van der Waals surface area contributed by atoms with E-state index in [1.165, 1.54) is 12.2 Å². The maximum absolute atomic E-state index is 5.51. The Morgan fingerprint density at radius 3 is 3.00 bits per heavy atom. The van der Waals surface area contributed by atoms with Crippen molar-refractivity contribution in [2.75, 3.05) is 45.4 Å². The minimum absolute atomic E-state index is 0.0562. The van der Waals surface area contributed by atoms with E-state index in [0.717, 1.165) is 32.7 Å².